The molecular formula is C13H10BrFS. The van der Waals surface area contributed by atoms with Gasteiger partial charge in [0.25, 0.3) is 0 Å². The fourth-order valence-corrected chi connectivity index (χ4v) is 2.43. The molecule has 0 radical (unpaired) electrons. The van der Waals surface area contributed by atoms with Crippen molar-refractivity contribution in [2.24, 2.45) is 0 Å². The van der Waals surface area contributed by atoms with Crippen LogP contribution in [0.25, 0.3) is 0 Å². The molecule has 2 aromatic carbocycles. The molecule has 0 saturated carbocycles. The zero-order chi connectivity index (χ0) is 11.4. The van der Waals surface area contributed by atoms with Gasteiger partial charge in [-0.25, -0.2) is 4.39 Å². The van der Waals surface area contributed by atoms with Crippen molar-refractivity contribution in [1.82, 2.24) is 0 Å². The van der Waals surface area contributed by atoms with E-state index in [9.17, 15) is 4.39 Å². The molecule has 0 aliphatic carbocycles. The molecule has 16 heavy (non-hydrogen) atoms. The van der Waals surface area contributed by atoms with E-state index in [0.29, 0.717) is 4.47 Å². The molecular weight excluding hydrogens is 287 g/mol. The first-order chi connectivity index (χ1) is 7.75. The molecule has 0 aliphatic rings. The highest BCUT2D eigenvalue weighted by Crippen LogP contribution is 2.26. The standard InChI is InChI=1S/C13H10BrFS/c14-12-7-6-11(8-13(12)15)16-9-10-4-2-1-3-5-10/h1-8H,9H2. The molecule has 0 heterocycles. The van der Waals surface area contributed by atoms with E-state index in [4.69, 9.17) is 0 Å². The Morgan fingerprint density at radius 1 is 1.06 bits per heavy atom. The Hall–Kier alpha value is -0.800. The average Bonchev–Trinajstić information content (AvgIpc) is 2.32. The number of hydrogen-bond acceptors (Lipinski definition) is 1. The highest BCUT2D eigenvalue weighted by atomic mass is 79.9. The van der Waals surface area contributed by atoms with Crippen LogP contribution in [0, 0.1) is 5.82 Å². The van der Waals surface area contributed by atoms with Crippen LogP contribution in [0.2, 0.25) is 0 Å². The maximum atomic E-state index is 13.2. The van der Waals surface area contributed by atoms with E-state index in [2.05, 4.69) is 28.1 Å². The summed E-state index contributed by atoms with van der Waals surface area (Å²) >= 11 is 4.78. The van der Waals surface area contributed by atoms with Gasteiger partial charge in [0.2, 0.25) is 0 Å². The average molecular weight is 297 g/mol. The molecule has 82 valence electrons. The molecule has 0 spiro atoms. The summed E-state index contributed by atoms with van der Waals surface area (Å²) in [6.07, 6.45) is 0. The Labute approximate surface area is 107 Å². The second-order valence-electron chi connectivity index (χ2n) is 3.35. The van der Waals surface area contributed by atoms with E-state index in [-0.39, 0.29) is 5.82 Å². The van der Waals surface area contributed by atoms with E-state index in [0.717, 1.165) is 10.6 Å². The van der Waals surface area contributed by atoms with Gasteiger partial charge in [0, 0.05) is 10.6 Å². The minimum atomic E-state index is -0.210. The van der Waals surface area contributed by atoms with Crippen molar-refractivity contribution in [3.8, 4) is 0 Å². The van der Waals surface area contributed by atoms with Crippen molar-refractivity contribution < 1.29 is 4.39 Å². The largest absolute Gasteiger partial charge is 0.206 e. The van der Waals surface area contributed by atoms with Crippen LogP contribution >= 0.6 is 27.7 Å². The maximum absolute atomic E-state index is 13.2. The quantitative estimate of drug-likeness (QED) is 0.728. The maximum Gasteiger partial charge on any atom is 0.138 e. The lowest BCUT2D eigenvalue weighted by Gasteiger charge is -2.02. The van der Waals surface area contributed by atoms with Crippen LogP contribution in [0.5, 0.6) is 0 Å². The van der Waals surface area contributed by atoms with Gasteiger partial charge in [-0.1, -0.05) is 30.3 Å². The second kappa shape index (κ2) is 5.51. The Morgan fingerprint density at radius 2 is 1.81 bits per heavy atom. The summed E-state index contributed by atoms with van der Waals surface area (Å²) in [5.41, 5.74) is 1.25. The summed E-state index contributed by atoms with van der Waals surface area (Å²) < 4.78 is 13.8. The molecule has 0 atom stereocenters. The molecule has 2 rings (SSSR count). The lowest BCUT2D eigenvalue weighted by molar-refractivity contribution is 0.617. The zero-order valence-electron chi connectivity index (χ0n) is 8.49. The number of halogens is 2. The predicted octanol–water partition coefficient (Wildman–Crippen LogP) is 4.88. The first-order valence-electron chi connectivity index (χ1n) is 4.87. The van der Waals surface area contributed by atoms with Crippen molar-refractivity contribution in [2.45, 2.75) is 10.6 Å². The van der Waals surface area contributed by atoms with E-state index in [1.807, 2.05) is 24.3 Å². The molecule has 0 aliphatic heterocycles. The number of rotatable bonds is 3. The second-order valence-corrected chi connectivity index (χ2v) is 5.25. The Kier molecular flexibility index (Phi) is 4.02. The van der Waals surface area contributed by atoms with Crippen LogP contribution in [-0.2, 0) is 5.75 Å². The summed E-state index contributed by atoms with van der Waals surface area (Å²) in [5.74, 6) is 0.653. The number of thioether (sulfide) groups is 1. The molecule has 3 heteroatoms. The highest BCUT2D eigenvalue weighted by molar-refractivity contribution is 9.10. The minimum absolute atomic E-state index is 0.210. The van der Waals surface area contributed by atoms with Gasteiger partial charge in [0.15, 0.2) is 0 Å². The molecule has 0 nitrogen and oxygen atoms in total. The summed E-state index contributed by atoms with van der Waals surface area (Å²) in [4.78, 5) is 0.949. The molecule has 0 amide bonds. The van der Waals surface area contributed by atoms with Crippen molar-refractivity contribution in [3.05, 3.63) is 64.4 Å². The van der Waals surface area contributed by atoms with Crippen LogP contribution in [0.3, 0.4) is 0 Å². The molecule has 0 N–H and O–H groups in total. The van der Waals surface area contributed by atoms with E-state index >= 15 is 0 Å². The summed E-state index contributed by atoms with van der Waals surface area (Å²) in [6.45, 7) is 0. The van der Waals surface area contributed by atoms with Gasteiger partial charge in [-0.15, -0.1) is 11.8 Å². The fourth-order valence-electron chi connectivity index (χ4n) is 1.31. The first kappa shape index (κ1) is 11.7. The van der Waals surface area contributed by atoms with Crippen LogP contribution in [0.1, 0.15) is 5.56 Å². The smallest absolute Gasteiger partial charge is 0.138 e. The van der Waals surface area contributed by atoms with Crippen LogP contribution in [0.4, 0.5) is 4.39 Å². The van der Waals surface area contributed by atoms with Crippen LogP contribution in [0.15, 0.2) is 57.9 Å². The lowest BCUT2D eigenvalue weighted by Crippen LogP contribution is -1.81. The molecule has 0 saturated heterocycles. The summed E-state index contributed by atoms with van der Waals surface area (Å²) in [7, 11) is 0. The Balaban J connectivity index is 2.03. The summed E-state index contributed by atoms with van der Waals surface area (Å²) in [5, 5.41) is 0. The van der Waals surface area contributed by atoms with Crippen molar-refractivity contribution in [2.75, 3.05) is 0 Å². The molecule has 0 fully saturated rings. The monoisotopic (exact) mass is 296 g/mol. The third-order valence-electron chi connectivity index (χ3n) is 2.14. The third kappa shape index (κ3) is 3.09. The van der Waals surface area contributed by atoms with Gasteiger partial charge < -0.3 is 0 Å². The van der Waals surface area contributed by atoms with Crippen molar-refractivity contribution >= 4 is 27.7 Å². The zero-order valence-corrected chi connectivity index (χ0v) is 10.9. The van der Waals surface area contributed by atoms with E-state index in [1.165, 1.54) is 5.56 Å². The van der Waals surface area contributed by atoms with Crippen molar-refractivity contribution in [1.29, 1.82) is 0 Å². The van der Waals surface area contributed by atoms with Gasteiger partial charge in [0.05, 0.1) is 4.47 Å². The van der Waals surface area contributed by atoms with Gasteiger partial charge >= 0.3 is 0 Å². The first-order valence-corrected chi connectivity index (χ1v) is 6.65. The van der Waals surface area contributed by atoms with E-state index < -0.39 is 0 Å². The topological polar surface area (TPSA) is 0 Å². The minimum Gasteiger partial charge on any atom is -0.206 e. The summed E-state index contributed by atoms with van der Waals surface area (Å²) in [6, 6.07) is 15.4. The van der Waals surface area contributed by atoms with Crippen molar-refractivity contribution in [3.63, 3.8) is 0 Å². The molecule has 0 unspecified atom stereocenters. The van der Waals surface area contributed by atoms with Crippen LogP contribution < -0.4 is 0 Å². The van der Waals surface area contributed by atoms with E-state index in [1.54, 1.807) is 23.9 Å². The Morgan fingerprint density at radius 3 is 2.50 bits per heavy atom. The normalized spacial score (nSPS) is 10.4. The molecule has 2 aromatic rings. The molecule has 0 aromatic heterocycles. The van der Waals surface area contributed by atoms with Gasteiger partial charge in [-0.05, 0) is 39.7 Å². The lowest BCUT2D eigenvalue weighted by atomic mass is 10.2. The SMILES string of the molecule is Fc1cc(SCc2ccccc2)ccc1Br. The highest BCUT2D eigenvalue weighted by Gasteiger charge is 2.01. The third-order valence-corrected chi connectivity index (χ3v) is 3.85. The van der Waals surface area contributed by atoms with Gasteiger partial charge in [-0.3, -0.25) is 0 Å². The number of hydrogen-bond donors (Lipinski definition) is 0. The predicted molar refractivity (Wildman–Crippen MR) is 70.1 cm³/mol. The van der Waals surface area contributed by atoms with Gasteiger partial charge in [-0.2, -0.15) is 0 Å². The van der Waals surface area contributed by atoms with Gasteiger partial charge in [0.1, 0.15) is 5.82 Å². The fraction of sp³-hybridized carbons (Fsp3) is 0.0769. The van der Waals surface area contributed by atoms with Crippen LogP contribution in [-0.4, -0.2) is 0 Å². The Bertz CT molecular complexity index is 471. The molecule has 0 bridgehead atoms. The number of benzene rings is 2.